The molecule has 8 heteroatoms. The van der Waals surface area contributed by atoms with E-state index in [1.807, 2.05) is 63.2 Å². The van der Waals surface area contributed by atoms with Crippen molar-refractivity contribution in [2.75, 3.05) is 19.5 Å². The summed E-state index contributed by atoms with van der Waals surface area (Å²) in [5.74, 6) is 0.244. The van der Waals surface area contributed by atoms with Crippen molar-refractivity contribution in [1.29, 1.82) is 0 Å². The fraction of sp³-hybridized carbons (Fsp3) is 0.269. The van der Waals surface area contributed by atoms with E-state index in [0.29, 0.717) is 11.4 Å². The molecule has 0 bridgehead atoms. The van der Waals surface area contributed by atoms with E-state index in [-0.39, 0.29) is 17.1 Å². The lowest BCUT2D eigenvalue weighted by Gasteiger charge is -2.21. The molecule has 2 N–H and O–H groups in total. The highest BCUT2D eigenvalue weighted by molar-refractivity contribution is 7.89. The summed E-state index contributed by atoms with van der Waals surface area (Å²) in [5.41, 5.74) is 4.41. The van der Waals surface area contributed by atoms with E-state index in [1.165, 1.54) is 32.4 Å². The van der Waals surface area contributed by atoms with Crippen molar-refractivity contribution >= 4 is 21.6 Å². The van der Waals surface area contributed by atoms with Crippen LogP contribution in [0.4, 0.5) is 5.69 Å². The molecule has 1 amide bonds. The van der Waals surface area contributed by atoms with Gasteiger partial charge in [-0.2, -0.15) is 4.72 Å². The van der Waals surface area contributed by atoms with Gasteiger partial charge in [0.1, 0.15) is 6.04 Å². The molecule has 0 heterocycles. The minimum atomic E-state index is -4.05. The quantitative estimate of drug-likeness (QED) is 0.478. The lowest BCUT2D eigenvalue weighted by Crippen LogP contribution is -2.45. The summed E-state index contributed by atoms with van der Waals surface area (Å²) in [4.78, 5) is 13.3. The first-order valence-electron chi connectivity index (χ1n) is 10.8. The Balaban J connectivity index is 1.94. The van der Waals surface area contributed by atoms with Crippen molar-refractivity contribution in [3.05, 3.63) is 82.9 Å². The molecule has 1 atom stereocenters. The van der Waals surface area contributed by atoms with Gasteiger partial charge in [0.15, 0.2) is 11.5 Å². The van der Waals surface area contributed by atoms with E-state index in [9.17, 15) is 13.2 Å². The monoisotopic (exact) mass is 482 g/mol. The number of carbonyl (C=O) groups excluding carboxylic acids is 1. The molecule has 180 valence electrons. The van der Waals surface area contributed by atoms with Gasteiger partial charge in [-0.15, -0.1) is 0 Å². The highest BCUT2D eigenvalue weighted by Gasteiger charge is 2.27. The van der Waals surface area contributed by atoms with E-state index in [1.54, 1.807) is 0 Å². The minimum Gasteiger partial charge on any atom is -0.493 e. The average molecular weight is 483 g/mol. The van der Waals surface area contributed by atoms with Crippen LogP contribution in [0.25, 0.3) is 0 Å². The molecule has 0 spiro atoms. The molecule has 34 heavy (non-hydrogen) atoms. The molecular weight excluding hydrogens is 452 g/mol. The summed E-state index contributed by atoms with van der Waals surface area (Å²) in [5, 5.41) is 2.93. The Labute approximate surface area is 201 Å². The molecule has 3 rings (SSSR count). The maximum atomic E-state index is 13.4. The number of benzene rings is 3. The topological polar surface area (TPSA) is 93.7 Å². The Kier molecular flexibility index (Phi) is 7.96. The molecule has 7 nitrogen and oxygen atoms in total. The van der Waals surface area contributed by atoms with Crippen molar-refractivity contribution in [3.63, 3.8) is 0 Å². The second-order valence-electron chi connectivity index (χ2n) is 8.14. The summed E-state index contributed by atoms with van der Waals surface area (Å²) in [7, 11) is -1.15. The number of rotatable bonds is 9. The van der Waals surface area contributed by atoms with Crippen LogP contribution in [0.3, 0.4) is 0 Å². The minimum absolute atomic E-state index is 0.0290. The van der Waals surface area contributed by atoms with Gasteiger partial charge in [-0.05, 0) is 56.0 Å². The number of ether oxygens (including phenoxy) is 2. The van der Waals surface area contributed by atoms with Crippen LogP contribution in [-0.2, 0) is 21.2 Å². The number of carbonyl (C=O) groups is 1. The number of aryl methyl sites for hydroxylation is 3. The number of sulfonamides is 1. The zero-order valence-electron chi connectivity index (χ0n) is 20.0. The van der Waals surface area contributed by atoms with Crippen molar-refractivity contribution < 1.29 is 22.7 Å². The van der Waals surface area contributed by atoms with Crippen LogP contribution in [0.1, 0.15) is 22.3 Å². The molecular formula is C26H30N2O5S. The van der Waals surface area contributed by atoms with E-state index in [0.717, 1.165) is 22.3 Å². The van der Waals surface area contributed by atoms with Crippen LogP contribution in [0.15, 0.2) is 65.6 Å². The van der Waals surface area contributed by atoms with Crippen LogP contribution >= 0.6 is 0 Å². The molecule has 0 unspecified atom stereocenters. The summed E-state index contributed by atoms with van der Waals surface area (Å²) >= 11 is 0. The van der Waals surface area contributed by atoms with Gasteiger partial charge in [0.2, 0.25) is 15.9 Å². The summed E-state index contributed by atoms with van der Waals surface area (Å²) in [6.45, 7) is 5.81. The molecule has 0 radical (unpaired) electrons. The van der Waals surface area contributed by atoms with Gasteiger partial charge in [0.25, 0.3) is 0 Å². The van der Waals surface area contributed by atoms with Gasteiger partial charge >= 0.3 is 0 Å². The molecule has 3 aromatic carbocycles. The van der Waals surface area contributed by atoms with E-state index >= 15 is 0 Å². The first kappa shape index (κ1) is 25.3. The molecule has 0 saturated heterocycles. The zero-order chi connectivity index (χ0) is 24.9. The first-order valence-corrected chi connectivity index (χ1v) is 12.3. The summed E-state index contributed by atoms with van der Waals surface area (Å²) in [6, 6.07) is 16.5. The van der Waals surface area contributed by atoms with Crippen LogP contribution in [0, 0.1) is 20.8 Å². The van der Waals surface area contributed by atoms with Crippen LogP contribution in [0.5, 0.6) is 11.5 Å². The predicted molar refractivity (Wildman–Crippen MR) is 133 cm³/mol. The van der Waals surface area contributed by atoms with E-state index in [4.69, 9.17) is 9.47 Å². The van der Waals surface area contributed by atoms with Crippen LogP contribution in [-0.4, -0.2) is 34.6 Å². The molecule has 0 fully saturated rings. The molecule has 0 aliphatic heterocycles. The fourth-order valence-corrected chi connectivity index (χ4v) is 5.07. The highest BCUT2D eigenvalue weighted by Crippen LogP contribution is 2.29. The van der Waals surface area contributed by atoms with Crippen molar-refractivity contribution in [2.24, 2.45) is 0 Å². The number of anilines is 1. The largest absolute Gasteiger partial charge is 0.493 e. The first-order chi connectivity index (χ1) is 16.1. The van der Waals surface area contributed by atoms with Gasteiger partial charge < -0.3 is 14.8 Å². The second kappa shape index (κ2) is 10.7. The number of methoxy groups -OCH3 is 2. The Hall–Kier alpha value is -3.36. The lowest BCUT2D eigenvalue weighted by molar-refractivity contribution is -0.117. The lowest BCUT2D eigenvalue weighted by atomic mass is 10.0. The van der Waals surface area contributed by atoms with E-state index < -0.39 is 22.0 Å². The number of hydrogen-bond acceptors (Lipinski definition) is 5. The smallest absolute Gasteiger partial charge is 0.242 e. The SMILES string of the molecule is COc1ccc(S(=O)(=O)N[C@H](Cc2ccccc2)C(=O)Nc2c(C)cc(C)cc2C)cc1OC. The van der Waals surface area contributed by atoms with Gasteiger partial charge in [0.05, 0.1) is 19.1 Å². The van der Waals surface area contributed by atoms with Gasteiger partial charge in [-0.1, -0.05) is 48.0 Å². The Morgan fingerprint density at radius 1 is 0.882 bits per heavy atom. The zero-order valence-corrected chi connectivity index (χ0v) is 20.8. The number of hydrogen-bond donors (Lipinski definition) is 2. The fourth-order valence-electron chi connectivity index (χ4n) is 3.86. The Morgan fingerprint density at radius 3 is 2.09 bits per heavy atom. The van der Waals surface area contributed by atoms with Crippen molar-refractivity contribution in [2.45, 2.75) is 38.1 Å². The highest BCUT2D eigenvalue weighted by atomic mass is 32.2. The normalized spacial score (nSPS) is 12.1. The molecule has 0 saturated carbocycles. The van der Waals surface area contributed by atoms with Crippen molar-refractivity contribution in [3.8, 4) is 11.5 Å². The maximum absolute atomic E-state index is 13.4. The predicted octanol–water partition coefficient (Wildman–Crippen LogP) is 4.16. The number of amides is 1. The third-order valence-electron chi connectivity index (χ3n) is 5.49. The van der Waals surface area contributed by atoms with Gasteiger partial charge in [-0.25, -0.2) is 8.42 Å². The Bertz CT molecular complexity index is 1250. The van der Waals surface area contributed by atoms with Crippen LogP contribution < -0.4 is 19.5 Å². The molecule has 0 aliphatic carbocycles. The molecule has 0 aliphatic rings. The molecule has 0 aromatic heterocycles. The third-order valence-corrected chi connectivity index (χ3v) is 6.96. The summed E-state index contributed by atoms with van der Waals surface area (Å²) < 4.78 is 39.5. The third kappa shape index (κ3) is 5.95. The van der Waals surface area contributed by atoms with Gasteiger partial charge in [-0.3, -0.25) is 4.79 Å². The average Bonchev–Trinajstić information content (AvgIpc) is 2.80. The summed E-state index contributed by atoms with van der Waals surface area (Å²) in [6.07, 6.45) is 0.184. The number of nitrogens with one attached hydrogen (secondary N) is 2. The standard InChI is InChI=1S/C26H30N2O5S/c1-17-13-18(2)25(19(3)14-17)27-26(29)22(15-20-9-7-6-8-10-20)28-34(30,31)21-11-12-23(32-4)24(16-21)33-5/h6-14,16,22,28H,15H2,1-5H3,(H,27,29)/t22-/m1/s1. The Morgan fingerprint density at radius 2 is 1.50 bits per heavy atom. The molecule has 3 aromatic rings. The van der Waals surface area contributed by atoms with Crippen LogP contribution in [0.2, 0.25) is 0 Å². The maximum Gasteiger partial charge on any atom is 0.242 e. The second-order valence-corrected chi connectivity index (χ2v) is 9.86. The van der Waals surface area contributed by atoms with Crippen molar-refractivity contribution in [1.82, 2.24) is 4.72 Å². The van der Waals surface area contributed by atoms with E-state index in [2.05, 4.69) is 10.0 Å². The van der Waals surface area contributed by atoms with Gasteiger partial charge in [0, 0.05) is 11.8 Å².